The normalized spacial score (nSPS) is 9.78. The van der Waals surface area contributed by atoms with Crippen molar-refractivity contribution in [1.29, 1.82) is 0 Å². The van der Waals surface area contributed by atoms with Gasteiger partial charge in [0.1, 0.15) is 18.1 Å². The standard InChI is InChI=1S/C11H7N3O4/c15-11(18-9-4-2-1-3-5-9)10-12-6-8(7-13-10)14(16)17/h1-7H. The first-order chi connectivity index (χ1) is 8.66. The molecule has 0 saturated heterocycles. The highest BCUT2D eigenvalue weighted by Crippen LogP contribution is 2.11. The highest BCUT2D eigenvalue weighted by atomic mass is 16.6. The second-order valence-corrected chi connectivity index (χ2v) is 3.22. The first-order valence-electron chi connectivity index (χ1n) is 4.90. The van der Waals surface area contributed by atoms with Crippen LogP contribution in [0.25, 0.3) is 0 Å². The van der Waals surface area contributed by atoms with Crippen LogP contribution in [-0.4, -0.2) is 20.9 Å². The SMILES string of the molecule is O=C(Oc1ccccc1)c1ncc([N+](=O)[O-])cn1. The second kappa shape index (κ2) is 5.00. The maximum atomic E-state index is 11.6. The van der Waals surface area contributed by atoms with Crippen LogP contribution < -0.4 is 4.74 Å². The number of aromatic nitrogens is 2. The molecule has 0 unspecified atom stereocenters. The fraction of sp³-hybridized carbons (Fsp3) is 0. The molecule has 90 valence electrons. The molecule has 2 aromatic rings. The summed E-state index contributed by atoms with van der Waals surface area (Å²) in [6, 6.07) is 8.39. The van der Waals surface area contributed by atoms with Gasteiger partial charge in [0.15, 0.2) is 0 Å². The summed E-state index contributed by atoms with van der Waals surface area (Å²) in [5.41, 5.74) is -0.286. The molecule has 7 heteroatoms. The van der Waals surface area contributed by atoms with Crippen LogP contribution in [0, 0.1) is 10.1 Å². The van der Waals surface area contributed by atoms with E-state index in [0.717, 1.165) is 12.4 Å². The van der Waals surface area contributed by atoms with Crippen LogP contribution in [0.2, 0.25) is 0 Å². The van der Waals surface area contributed by atoms with Gasteiger partial charge in [0.25, 0.3) is 0 Å². The average molecular weight is 245 g/mol. The number of nitrogens with zero attached hydrogens (tertiary/aromatic N) is 3. The Morgan fingerprint density at radius 3 is 2.33 bits per heavy atom. The maximum Gasteiger partial charge on any atom is 0.381 e. The predicted molar refractivity (Wildman–Crippen MR) is 60.1 cm³/mol. The zero-order chi connectivity index (χ0) is 13.0. The Morgan fingerprint density at radius 2 is 1.78 bits per heavy atom. The quantitative estimate of drug-likeness (QED) is 0.352. The summed E-state index contributed by atoms with van der Waals surface area (Å²) in [6.45, 7) is 0. The van der Waals surface area contributed by atoms with Crippen molar-refractivity contribution in [2.24, 2.45) is 0 Å². The van der Waals surface area contributed by atoms with Gasteiger partial charge in [-0.15, -0.1) is 0 Å². The minimum Gasteiger partial charge on any atom is -0.421 e. The van der Waals surface area contributed by atoms with Gasteiger partial charge in [-0.25, -0.2) is 14.8 Å². The lowest BCUT2D eigenvalue weighted by Gasteiger charge is -2.01. The molecule has 0 spiro atoms. The van der Waals surface area contributed by atoms with Crippen molar-refractivity contribution in [3.05, 3.63) is 58.7 Å². The van der Waals surface area contributed by atoms with Crippen molar-refractivity contribution in [3.8, 4) is 5.75 Å². The highest BCUT2D eigenvalue weighted by Gasteiger charge is 2.14. The molecule has 0 fully saturated rings. The first-order valence-corrected chi connectivity index (χ1v) is 4.90. The number of para-hydroxylation sites is 1. The summed E-state index contributed by atoms with van der Waals surface area (Å²) in [6.07, 6.45) is 1.91. The van der Waals surface area contributed by atoms with Gasteiger partial charge < -0.3 is 4.74 Å². The number of nitro groups is 1. The molecule has 1 aromatic heterocycles. The van der Waals surface area contributed by atoms with E-state index in [-0.39, 0.29) is 11.5 Å². The van der Waals surface area contributed by atoms with Crippen molar-refractivity contribution in [3.63, 3.8) is 0 Å². The highest BCUT2D eigenvalue weighted by molar-refractivity contribution is 5.86. The smallest absolute Gasteiger partial charge is 0.381 e. The molecule has 0 bridgehead atoms. The van der Waals surface area contributed by atoms with Gasteiger partial charge in [-0.2, -0.15) is 0 Å². The molecule has 0 N–H and O–H groups in total. The van der Waals surface area contributed by atoms with E-state index < -0.39 is 10.9 Å². The van der Waals surface area contributed by atoms with Gasteiger partial charge in [-0.05, 0) is 12.1 Å². The first kappa shape index (κ1) is 11.6. The molecule has 0 aliphatic heterocycles. The molecule has 1 aromatic carbocycles. The molecule has 0 aliphatic rings. The van der Waals surface area contributed by atoms with Crippen molar-refractivity contribution < 1.29 is 14.5 Å². The van der Waals surface area contributed by atoms with Crippen molar-refractivity contribution >= 4 is 11.7 Å². The number of carbonyl (C=O) groups excluding carboxylic acids is 1. The van der Waals surface area contributed by atoms with Crippen LogP contribution in [0.4, 0.5) is 5.69 Å². The third kappa shape index (κ3) is 2.64. The van der Waals surface area contributed by atoms with E-state index in [2.05, 4.69) is 9.97 Å². The number of benzene rings is 1. The van der Waals surface area contributed by atoms with Crippen LogP contribution in [0.3, 0.4) is 0 Å². The summed E-state index contributed by atoms with van der Waals surface area (Å²) in [5, 5.41) is 10.4. The second-order valence-electron chi connectivity index (χ2n) is 3.22. The summed E-state index contributed by atoms with van der Waals surface area (Å²) in [7, 11) is 0. The van der Waals surface area contributed by atoms with E-state index in [1.54, 1.807) is 30.3 Å². The Bertz CT molecular complexity index is 569. The van der Waals surface area contributed by atoms with Crippen LogP contribution in [0.1, 0.15) is 10.6 Å². The van der Waals surface area contributed by atoms with Gasteiger partial charge >= 0.3 is 11.7 Å². The van der Waals surface area contributed by atoms with Crippen LogP contribution >= 0.6 is 0 Å². The summed E-state index contributed by atoms with van der Waals surface area (Å²) >= 11 is 0. The van der Waals surface area contributed by atoms with E-state index in [1.165, 1.54) is 0 Å². The maximum absolute atomic E-state index is 11.6. The van der Waals surface area contributed by atoms with Gasteiger partial charge in [0.2, 0.25) is 5.82 Å². The number of esters is 1. The lowest BCUT2D eigenvalue weighted by molar-refractivity contribution is -0.385. The molecule has 0 aliphatic carbocycles. The fourth-order valence-corrected chi connectivity index (χ4v) is 1.16. The Hall–Kier alpha value is -2.83. The van der Waals surface area contributed by atoms with Crippen molar-refractivity contribution in [1.82, 2.24) is 9.97 Å². The topological polar surface area (TPSA) is 95.2 Å². The summed E-state index contributed by atoms with van der Waals surface area (Å²) in [4.78, 5) is 28.5. The fourth-order valence-electron chi connectivity index (χ4n) is 1.16. The molecule has 0 atom stereocenters. The van der Waals surface area contributed by atoms with E-state index in [0.29, 0.717) is 5.75 Å². The molecule has 7 nitrogen and oxygen atoms in total. The molecule has 2 rings (SSSR count). The minimum atomic E-state index is -0.768. The lowest BCUT2D eigenvalue weighted by atomic mass is 10.3. The molecule has 1 heterocycles. The number of hydrogen-bond acceptors (Lipinski definition) is 6. The van der Waals surface area contributed by atoms with Crippen molar-refractivity contribution in [2.45, 2.75) is 0 Å². The zero-order valence-corrected chi connectivity index (χ0v) is 9.02. The molecule has 0 radical (unpaired) electrons. The summed E-state index contributed by atoms with van der Waals surface area (Å²) in [5.74, 6) is -0.648. The van der Waals surface area contributed by atoms with Gasteiger partial charge in [-0.3, -0.25) is 10.1 Å². The predicted octanol–water partition coefficient (Wildman–Crippen LogP) is 1.60. The van der Waals surface area contributed by atoms with Gasteiger partial charge in [-0.1, -0.05) is 18.2 Å². The summed E-state index contributed by atoms with van der Waals surface area (Å²) < 4.78 is 4.97. The third-order valence-corrected chi connectivity index (χ3v) is 1.99. The number of ether oxygens (including phenoxy) is 1. The number of hydrogen-bond donors (Lipinski definition) is 0. The number of rotatable bonds is 3. The Kier molecular flexibility index (Phi) is 3.24. The van der Waals surface area contributed by atoms with E-state index in [9.17, 15) is 14.9 Å². The van der Waals surface area contributed by atoms with Crippen LogP contribution in [0.5, 0.6) is 5.75 Å². The van der Waals surface area contributed by atoms with Crippen LogP contribution in [-0.2, 0) is 0 Å². The van der Waals surface area contributed by atoms with E-state index in [4.69, 9.17) is 4.74 Å². The van der Waals surface area contributed by atoms with Gasteiger partial charge in [0, 0.05) is 0 Å². The van der Waals surface area contributed by atoms with E-state index >= 15 is 0 Å². The third-order valence-electron chi connectivity index (χ3n) is 1.99. The Labute approximate surface area is 101 Å². The largest absolute Gasteiger partial charge is 0.421 e. The van der Waals surface area contributed by atoms with Gasteiger partial charge in [0.05, 0.1) is 4.92 Å². The molecular weight excluding hydrogens is 238 g/mol. The monoisotopic (exact) mass is 245 g/mol. The van der Waals surface area contributed by atoms with Crippen LogP contribution in [0.15, 0.2) is 42.7 Å². The average Bonchev–Trinajstić information content (AvgIpc) is 2.40. The molecular formula is C11H7N3O4. The lowest BCUT2D eigenvalue weighted by Crippen LogP contribution is -2.12. The number of carbonyl (C=O) groups is 1. The molecule has 0 saturated carbocycles. The zero-order valence-electron chi connectivity index (χ0n) is 9.02. The van der Waals surface area contributed by atoms with Crippen molar-refractivity contribution in [2.75, 3.05) is 0 Å². The van der Waals surface area contributed by atoms with E-state index in [1.807, 2.05) is 0 Å². The molecule has 18 heavy (non-hydrogen) atoms. The Morgan fingerprint density at radius 1 is 1.17 bits per heavy atom. The Balaban J connectivity index is 2.12. The molecule has 0 amide bonds. The minimum absolute atomic E-state index is 0.232.